The Labute approximate surface area is 503 Å². The van der Waals surface area contributed by atoms with E-state index in [9.17, 15) is 14.4 Å². The summed E-state index contributed by atoms with van der Waals surface area (Å²) in [6.07, 6.45) is 90.9. The molecule has 0 aromatic heterocycles. The lowest BCUT2D eigenvalue weighted by atomic mass is 10.0. The van der Waals surface area contributed by atoms with E-state index in [1.165, 1.54) is 212 Å². The summed E-state index contributed by atoms with van der Waals surface area (Å²) in [5.41, 5.74) is 0. The highest BCUT2D eigenvalue weighted by atomic mass is 16.6. The molecule has 0 aromatic carbocycles. The zero-order valence-corrected chi connectivity index (χ0v) is 54.1. The van der Waals surface area contributed by atoms with E-state index in [1.54, 1.807) is 0 Å². The molecule has 6 nitrogen and oxygen atoms in total. The lowest BCUT2D eigenvalue weighted by Gasteiger charge is -2.18. The van der Waals surface area contributed by atoms with Crippen LogP contribution in [0.25, 0.3) is 0 Å². The minimum atomic E-state index is -0.790. The van der Waals surface area contributed by atoms with Gasteiger partial charge in [0.05, 0.1) is 0 Å². The third kappa shape index (κ3) is 67.5. The number of carbonyl (C=O) groups excluding carboxylic acids is 3. The van der Waals surface area contributed by atoms with Crippen molar-refractivity contribution in [3.05, 3.63) is 72.9 Å². The van der Waals surface area contributed by atoms with Crippen molar-refractivity contribution in [1.29, 1.82) is 0 Å². The van der Waals surface area contributed by atoms with E-state index >= 15 is 0 Å². The maximum atomic E-state index is 12.9. The third-order valence-electron chi connectivity index (χ3n) is 15.7. The Bertz CT molecular complexity index is 1490. The van der Waals surface area contributed by atoms with Crippen molar-refractivity contribution in [1.82, 2.24) is 0 Å². The van der Waals surface area contributed by atoms with Crippen LogP contribution in [0.15, 0.2) is 72.9 Å². The molecule has 1 unspecified atom stereocenters. The summed E-state index contributed by atoms with van der Waals surface area (Å²) in [7, 11) is 0. The van der Waals surface area contributed by atoms with Gasteiger partial charge in [0, 0.05) is 19.3 Å². The molecule has 1 atom stereocenters. The van der Waals surface area contributed by atoms with Crippen LogP contribution in [0.5, 0.6) is 0 Å². The van der Waals surface area contributed by atoms with Crippen molar-refractivity contribution in [2.24, 2.45) is 0 Å². The molecule has 0 spiro atoms. The third-order valence-corrected chi connectivity index (χ3v) is 15.7. The van der Waals surface area contributed by atoms with Gasteiger partial charge in [-0.2, -0.15) is 0 Å². The van der Waals surface area contributed by atoms with Gasteiger partial charge in [0.1, 0.15) is 13.2 Å². The number of hydrogen-bond acceptors (Lipinski definition) is 6. The summed E-state index contributed by atoms with van der Waals surface area (Å²) in [6, 6.07) is 0. The number of rotatable bonds is 65. The standard InChI is InChI=1S/C75H134O6/c1-4-7-10-13-16-19-22-25-27-29-31-33-34-35-36-37-38-39-40-41-43-44-46-48-50-53-56-59-62-65-68-74(77)80-71-72(70-79-73(76)67-64-61-58-55-52-24-21-18-15-12-9-6-3)81-75(78)69-66-63-60-57-54-51-49-47-45-42-32-30-28-26-23-20-17-14-11-8-5-2/h8,11,17-18,20-21,26,28,32,42,47,49,72H,4-7,9-10,12-16,19,22-25,27,29-31,33-41,43-46,48,50-71H2,1-3H3/b11-8-,20-17-,21-18-,28-26-,42-32-,49-47-. The molecule has 81 heavy (non-hydrogen) atoms. The minimum Gasteiger partial charge on any atom is -0.462 e. The van der Waals surface area contributed by atoms with Crippen LogP contribution in [-0.2, 0) is 28.6 Å². The Kier molecular flexibility index (Phi) is 66.6. The number of unbranched alkanes of at least 4 members (excludes halogenated alkanes) is 42. The van der Waals surface area contributed by atoms with E-state index in [0.29, 0.717) is 19.3 Å². The van der Waals surface area contributed by atoms with E-state index < -0.39 is 6.10 Å². The SMILES string of the molecule is CC/C=C\C/C=C\C/C=C\C/C=C\C/C=C\CCCCCCCC(=O)OC(COC(=O)CCCCCCC/C=C\CCCCC)COC(=O)CCCCCCCCCCCCCCCCCCCCCCCCCCCCCCCC. The topological polar surface area (TPSA) is 78.9 Å². The Balaban J connectivity index is 4.20. The molecule has 0 rings (SSSR count). The van der Waals surface area contributed by atoms with Crippen LogP contribution in [0.4, 0.5) is 0 Å². The maximum Gasteiger partial charge on any atom is 0.306 e. The zero-order valence-electron chi connectivity index (χ0n) is 54.1. The highest BCUT2D eigenvalue weighted by Gasteiger charge is 2.19. The first kappa shape index (κ1) is 77.9. The summed E-state index contributed by atoms with van der Waals surface area (Å²) in [4.78, 5) is 38.4. The van der Waals surface area contributed by atoms with Crippen LogP contribution >= 0.6 is 0 Å². The summed E-state index contributed by atoms with van der Waals surface area (Å²) >= 11 is 0. The largest absolute Gasteiger partial charge is 0.462 e. The van der Waals surface area contributed by atoms with E-state index in [2.05, 4.69) is 93.7 Å². The van der Waals surface area contributed by atoms with E-state index in [4.69, 9.17) is 14.2 Å². The molecule has 470 valence electrons. The average molecular weight is 1130 g/mol. The van der Waals surface area contributed by atoms with Gasteiger partial charge in [-0.3, -0.25) is 14.4 Å². The molecule has 0 fully saturated rings. The van der Waals surface area contributed by atoms with Crippen LogP contribution in [0.3, 0.4) is 0 Å². The summed E-state index contributed by atoms with van der Waals surface area (Å²) in [5.74, 6) is -0.893. The summed E-state index contributed by atoms with van der Waals surface area (Å²) in [5, 5.41) is 0. The van der Waals surface area contributed by atoms with Gasteiger partial charge in [-0.1, -0.05) is 331 Å². The molecule has 6 heteroatoms. The highest BCUT2D eigenvalue weighted by molar-refractivity contribution is 5.71. The number of esters is 3. The fourth-order valence-corrected chi connectivity index (χ4v) is 10.4. The second-order valence-corrected chi connectivity index (χ2v) is 23.8. The van der Waals surface area contributed by atoms with Gasteiger partial charge in [-0.25, -0.2) is 0 Å². The molecule has 0 heterocycles. The number of allylic oxidation sites excluding steroid dienone is 12. The van der Waals surface area contributed by atoms with Gasteiger partial charge in [-0.15, -0.1) is 0 Å². The average Bonchev–Trinajstić information content (AvgIpc) is 3.47. The number of carbonyl (C=O) groups is 3. The molecule has 0 bridgehead atoms. The van der Waals surface area contributed by atoms with Crippen molar-refractivity contribution >= 4 is 17.9 Å². The molecule has 0 saturated carbocycles. The first-order valence-electron chi connectivity index (χ1n) is 35.4. The Morgan fingerprint density at radius 3 is 0.790 bits per heavy atom. The van der Waals surface area contributed by atoms with Crippen molar-refractivity contribution in [3.63, 3.8) is 0 Å². The van der Waals surface area contributed by atoms with Crippen LogP contribution in [0.2, 0.25) is 0 Å². The fraction of sp³-hybridized carbons (Fsp3) is 0.800. The predicted octanol–water partition coefficient (Wildman–Crippen LogP) is 24.4. The van der Waals surface area contributed by atoms with Crippen molar-refractivity contribution < 1.29 is 28.6 Å². The smallest absolute Gasteiger partial charge is 0.306 e. The maximum absolute atomic E-state index is 12.9. The normalized spacial score (nSPS) is 12.5. The monoisotopic (exact) mass is 1130 g/mol. The van der Waals surface area contributed by atoms with Gasteiger partial charge in [0.15, 0.2) is 6.10 Å². The molecule has 0 amide bonds. The fourth-order valence-electron chi connectivity index (χ4n) is 10.4. The molecule has 0 aliphatic rings. The Hall–Kier alpha value is -3.15. The van der Waals surface area contributed by atoms with E-state index in [0.717, 1.165) is 116 Å². The minimum absolute atomic E-state index is 0.0830. The lowest BCUT2D eigenvalue weighted by molar-refractivity contribution is -0.167. The molecule has 0 aliphatic heterocycles. The van der Waals surface area contributed by atoms with E-state index in [-0.39, 0.29) is 31.1 Å². The number of hydrogen-bond donors (Lipinski definition) is 0. The zero-order chi connectivity index (χ0) is 58.5. The summed E-state index contributed by atoms with van der Waals surface area (Å²) in [6.45, 7) is 6.53. The molecular weight excluding hydrogens is 997 g/mol. The van der Waals surface area contributed by atoms with Crippen molar-refractivity contribution in [2.75, 3.05) is 13.2 Å². The molecule has 0 radical (unpaired) electrons. The second-order valence-electron chi connectivity index (χ2n) is 23.8. The van der Waals surface area contributed by atoms with Crippen LogP contribution in [-0.4, -0.2) is 37.2 Å². The lowest BCUT2D eigenvalue weighted by Crippen LogP contribution is -2.30. The number of ether oxygens (including phenoxy) is 3. The van der Waals surface area contributed by atoms with E-state index in [1.807, 2.05) is 0 Å². The molecule has 0 N–H and O–H groups in total. The highest BCUT2D eigenvalue weighted by Crippen LogP contribution is 2.18. The summed E-state index contributed by atoms with van der Waals surface area (Å²) < 4.78 is 16.9. The molecule has 0 saturated heterocycles. The van der Waals surface area contributed by atoms with Crippen molar-refractivity contribution in [2.45, 2.75) is 374 Å². The van der Waals surface area contributed by atoms with Crippen LogP contribution < -0.4 is 0 Å². The van der Waals surface area contributed by atoms with Crippen LogP contribution in [0.1, 0.15) is 367 Å². The van der Waals surface area contributed by atoms with Gasteiger partial charge >= 0.3 is 17.9 Å². The van der Waals surface area contributed by atoms with Crippen LogP contribution in [0, 0.1) is 0 Å². The molecule has 0 aliphatic carbocycles. The van der Waals surface area contributed by atoms with Gasteiger partial charge in [-0.05, 0) is 89.9 Å². The van der Waals surface area contributed by atoms with Gasteiger partial charge in [0.25, 0.3) is 0 Å². The first-order valence-corrected chi connectivity index (χ1v) is 35.4. The van der Waals surface area contributed by atoms with Gasteiger partial charge in [0.2, 0.25) is 0 Å². The first-order chi connectivity index (χ1) is 40.0. The van der Waals surface area contributed by atoms with Gasteiger partial charge < -0.3 is 14.2 Å². The Morgan fingerprint density at radius 1 is 0.259 bits per heavy atom. The predicted molar refractivity (Wildman–Crippen MR) is 353 cm³/mol. The molecular formula is C75H134O6. The Morgan fingerprint density at radius 2 is 0.481 bits per heavy atom. The second kappa shape index (κ2) is 69.3. The molecule has 0 aromatic rings. The van der Waals surface area contributed by atoms with Crippen molar-refractivity contribution in [3.8, 4) is 0 Å². The quantitative estimate of drug-likeness (QED) is 0.0261.